The molecule has 0 saturated carbocycles. The number of amides is 1. The lowest BCUT2D eigenvalue weighted by molar-refractivity contribution is -0.159. The van der Waals surface area contributed by atoms with Crippen molar-refractivity contribution >= 4 is 17.8 Å². The molecule has 28 heavy (non-hydrogen) atoms. The van der Waals surface area contributed by atoms with E-state index in [2.05, 4.69) is 11.8 Å². The summed E-state index contributed by atoms with van der Waals surface area (Å²) < 4.78 is 10.7. The van der Waals surface area contributed by atoms with Gasteiger partial charge in [-0.25, -0.2) is 9.59 Å². The highest BCUT2D eigenvalue weighted by Crippen LogP contribution is 2.25. The van der Waals surface area contributed by atoms with Crippen molar-refractivity contribution in [1.29, 1.82) is 0 Å². The highest BCUT2D eigenvalue weighted by Gasteiger charge is 2.09. The number of ether oxygens (including phenoxy) is 2. The van der Waals surface area contributed by atoms with E-state index in [9.17, 15) is 4.79 Å². The molecular formula is C19H30N2O7. The molecule has 0 radical (unpaired) electrons. The fourth-order valence-electron chi connectivity index (χ4n) is 2.47. The number of rotatable bonds is 11. The molecule has 0 saturated heterocycles. The maximum atomic E-state index is 10.8. The van der Waals surface area contributed by atoms with Crippen LogP contribution in [-0.4, -0.2) is 66.8 Å². The van der Waals surface area contributed by atoms with Crippen molar-refractivity contribution < 1.29 is 34.1 Å². The van der Waals surface area contributed by atoms with E-state index in [4.69, 9.17) is 35.0 Å². The molecule has 0 atom stereocenters. The lowest BCUT2D eigenvalue weighted by atomic mass is 10.1. The highest BCUT2D eigenvalue weighted by atomic mass is 16.5. The molecule has 0 aromatic heterocycles. The van der Waals surface area contributed by atoms with E-state index >= 15 is 0 Å². The number of nitrogens with zero attached hydrogens (tertiary/aromatic N) is 1. The third kappa shape index (κ3) is 11.0. The van der Waals surface area contributed by atoms with Crippen LogP contribution in [0.2, 0.25) is 0 Å². The van der Waals surface area contributed by atoms with Crippen LogP contribution in [0.25, 0.3) is 0 Å². The topological polar surface area (TPSA) is 139 Å². The predicted octanol–water partition coefficient (Wildman–Crippen LogP) is 1.38. The zero-order valence-electron chi connectivity index (χ0n) is 16.6. The van der Waals surface area contributed by atoms with Crippen LogP contribution in [-0.2, 0) is 20.8 Å². The number of carboxylic acids is 2. The van der Waals surface area contributed by atoms with Gasteiger partial charge in [0.1, 0.15) is 11.5 Å². The van der Waals surface area contributed by atoms with Gasteiger partial charge in [0.2, 0.25) is 5.91 Å². The molecule has 158 valence electrons. The minimum atomic E-state index is -1.82. The Morgan fingerprint density at radius 2 is 1.68 bits per heavy atom. The van der Waals surface area contributed by atoms with Crippen LogP contribution >= 0.6 is 0 Å². The van der Waals surface area contributed by atoms with Crippen molar-refractivity contribution in [2.75, 3.05) is 33.9 Å². The van der Waals surface area contributed by atoms with Gasteiger partial charge in [0.05, 0.1) is 14.2 Å². The monoisotopic (exact) mass is 398 g/mol. The molecule has 0 unspecified atom stereocenters. The van der Waals surface area contributed by atoms with Gasteiger partial charge in [0, 0.05) is 19.0 Å². The third-order valence-corrected chi connectivity index (χ3v) is 3.81. The molecule has 0 bridgehead atoms. The smallest absolute Gasteiger partial charge is 0.414 e. The third-order valence-electron chi connectivity index (χ3n) is 3.81. The lowest BCUT2D eigenvalue weighted by Gasteiger charge is -2.22. The summed E-state index contributed by atoms with van der Waals surface area (Å²) in [6.45, 7) is 5.02. The summed E-state index contributed by atoms with van der Waals surface area (Å²) in [6, 6.07) is 5.91. The Kier molecular flexibility index (Phi) is 12.8. The zero-order chi connectivity index (χ0) is 21.5. The first-order valence-electron chi connectivity index (χ1n) is 8.92. The second-order valence-corrected chi connectivity index (χ2v) is 5.95. The molecular weight excluding hydrogens is 368 g/mol. The molecule has 0 heterocycles. The summed E-state index contributed by atoms with van der Waals surface area (Å²) in [6.07, 6.45) is 3.27. The maximum Gasteiger partial charge on any atom is 0.414 e. The normalized spacial score (nSPS) is 10.0. The standard InChI is InChI=1S/C17H28N2O3.C2H2O4/c1-4-10-19(11-5-6-17(18)20)12-9-14-7-8-15(21-2)13-16(14)22-3;3-1(4)2(5)6/h7-8,13H,4-6,9-12H2,1-3H3,(H2,18,20);(H,3,4)(H,5,6). The summed E-state index contributed by atoms with van der Waals surface area (Å²) in [7, 11) is 3.32. The number of benzene rings is 1. The average molecular weight is 398 g/mol. The molecule has 1 aromatic carbocycles. The number of methoxy groups -OCH3 is 2. The molecule has 0 aliphatic carbocycles. The van der Waals surface area contributed by atoms with Crippen molar-refractivity contribution in [3.05, 3.63) is 23.8 Å². The van der Waals surface area contributed by atoms with E-state index in [-0.39, 0.29) is 5.91 Å². The average Bonchev–Trinajstić information content (AvgIpc) is 2.66. The van der Waals surface area contributed by atoms with Gasteiger partial charge in [-0.1, -0.05) is 13.0 Å². The zero-order valence-corrected chi connectivity index (χ0v) is 16.6. The van der Waals surface area contributed by atoms with E-state index in [1.54, 1.807) is 14.2 Å². The first-order chi connectivity index (χ1) is 13.2. The van der Waals surface area contributed by atoms with Gasteiger partial charge in [-0.2, -0.15) is 0 Å². The largest absolute Gasteiger partial charge is 0.497 e. The Hall–Kier alpha value is -2.81. The molecule has 1 amide bonds. The first kappa shape index (κ1) is 25.2. The van der Waals surface area contributed by atoms with Crippen LogP contribution in [0, 0.1) is 0 Å². The fraction of sp³-hybridized carbons (Fsp3) is 0.526. The summed E-state index contributed by atoms with van der Waals surface area (Å²) in [5.41, 5.74) is 6.36. The number of carbonyl (C=O) groups is 3. The van der Waals surface area contributed by atoms with Gasteiger partial charge in [-0.15, -0.1) is 0 Å². The van der Waals surface area contributed by atoms with E-state index in [1.807, 2.05) is 18.2 Å². The van der Waals surface area contributed by atoms with Crippen molar-refractivity contribution in [2.24, 2.45) is 5.73 Å². The van der Waals surface area contributed by atoms with E-state index < -0.39 is 11.9 Å². The molecule has 4 N–H and O–H groups in total. The molecule has 1 rings (SSSR count). The molecule has 9 heteroatoms. The second-order valence-electron chi connectivity index (χ2n) is 5.95. The van der Waals surface area contributed by atoms with Crippen LogP contribution in [0.1, 0.15) is 31.7 Å². The summed E-state index contributed by atoms with van der Waals surface area (Å²) in [5.74, 6) is -2.22. The first-order valence-corrected chi connectivity index (χ1v) is 8.92. The summed E-state index contributed by atoms with van der Waals surface area (Å²) >= 11 is 0. The highest BCUT2D eigenvalue weighted by molar-refractivity contribution is 6.27. The minimum absolute atomic E-state index is 0.228. The van der Waals surface area contributed by atoms with Crippen molar-refractivity contribution in [3.63, 3.8) is 0 Å². The molecule has 9 nitrogen and oxygen atoms in total. The number of hydrogen-bond donors (Lipinski definition) is 3. The Labute approximate surface area is 165 Å². The van der Waals surface area contributed by atoms with Gasteiger partial charge < -0.3 is 30.3 Å². The SMILES string of the molecule is CCCN(CCCC(N)=O)CCc1ccc(OC)cc1OC.O=C(O)C(=O)O. The fourth-order valence-corrected chi connectivity index (χ4v) is 2.47. The van der Waals surface area contributed by atoms with Gasteiger partial charge in [0.25, 0.3) is 0 Å². The molecule has 0 fully saturated rings. The Bertz CT molecular complexity index is 623. The molecule has 0 aliphatic rings. The van der Waals surface area contributed by atoms with Gasteiger partial charge in [-0.05, 0) is 44.0 Å². The van der Waals surface area contributed by atoms with Gasteiger partial charge in [0.15, 0.2) is 0 Å². The number of aliphatic carboxylic acids is 2. The second kappa shape index (κ2) is 14.3. The van der Waals surface area contributed by atoms with Crippen LogP contribution in [0.4, 0.5) is 0 Å². The number of carboxylic acid groups (broad SMARTS) is 2. The van der Waals surface area contributed by atoms with Crippen LogP contribution in [0.3, 0.4) is 0 Å². The van der Waals surface area contributed by atoms with E-state index in [0.29, 0.717) is 6.42 Å². The van der Waals surface area contributed by atoms with Crippen LogP contribution < -0.4 is 15.2 Å². The Morgan fingerprint density at radius 3 is 2.14 bits per heavy atom. The molecule has 0 aliphatic heterocycles. The lowest BCUT2D eigenvalue weighted by Crippen LogP contribution is -2.29. The Morgan fingerprint density at radius 1 is 1.04 bits per heavy atom. The number of primary amides is 1. The van der Waals surface area contributed by atoms with Crippen LogP contribution in [0.5, 0.6) is 11.5 Å². The van der Waals surface area contributed by atoms with Crippen LogP contribution in [0.15, 0.2) is 18.2 Å². The Balaban J connectivity index is 0.00000105. The van der Waals surface area contributed by atoms with Crippen molar-refractivity contribution in [2.45, 2.75) is 32.6 Å². The molecule has 0 spiro atoms. The van der Waals surface area contributed by atoms with E-state index in [1.165, 1.54) is 5.56 Å². The number of carbonyl (C=O) groups excluding carboxylic acids is 1. The number of nitrogens with two attached hydrogens (primary N) is 1. The van der Waals surface area contributed by atoms with Gasteiger partial charge >= 0.3 is 11.9 Å². The van der Waals surface area contributed by atoms with E-state index in [0.717, 1.165) is 50.4 Å². The summed E-state index contributed by atoms with van der Waals surface area (Å²) in [4.78, 5) is 31.4. The van der Waals surface area contributed by atoms with Crippen molar-refractivity contribution in [3.8, 4) is 11.5 Å². The molecule has 1 aromatic rings. The number of hydrogen-bond acceptors (Lipinski definition) is 6. The maximum absolute atomic E-state index is 10.8. The minimum Gasteiger partial charge on any atom is -0.497 e. The summed E-state index contributed by atoms with van der Waals surface area (Å²) in [5, 5.41) is 14.8. The van der Waals surface area contributed by atoms with Gasteiger partial charge in [-0.3, -0.25) is 4.79 Å². The quantitative estimate of drug-likeness (QED) is 0.475. The van der Waals surface area contributed by atoms with Crippen molar-refractivity contribution in [1.82, 2.24) is 4.90 Å². The predicted molar refractivity (Wildman–Crippen MR) is 104 cm³/mol.